The predicted molar refractivity (Wildman–Crippen MR) is 135 cm³/mol. The molecular formula is C27H48O6. The van der Waals surface area contributed by atoms with Crippen molar-refractivity contribution in [1.29, 1.82) is 0 Å². The van der Waals surface area contributed by atoms with Gasteiger partial charge in [0.2, 0.25) is 0 Å². The molecule has 2 atom stereocenters. The van der Waals surface area contributed by atoms with Crippen LogP contribution in [0.15, 0.2) is 36.5 Å². The summed E-state index contributed by atoms with van der Waals surface area (Å²) in [4.78, 5) is 21.3. The number of aliphatic carboxylic acids is 1. The summed E-state index contributed by atoms with van der Waals surface area (Å²) < 4.78 is 0. The Morgan fingerprint density at radius 2 is 1.30 bits per heavy atom. The molecule has 2 unspecified atom stereocenters. The minimum Gasteiger partial charge on any atom is -0.478 e. The fourth-order valence-electron chi connectivity index (χ4n) is 3.08. The van der Waals surface area contributed by atoms with Crippen molar-refractivity contribution in [3.8, 4) is 0 Å². The van der Waals surface area contributed by atoms with E-state index in [2.05, 4.69) is 19.1 Å². The van der Waals surface area contributed by atoms with Crippen molar-refractivity contribution >= 4 is 11.8 Å². The molecule has 0 saturated carbocycles. The standard InChI is InChI=1S/C21H40O4.C6H8O2/c1-2-3-4-5-6-7-8-9-10-11-12-13-14-15-16-17-19(23)21(25)20(24)18-22;1-2-3-4-5-6(7)8/h9-10,20-22,24-25H,2-8,11-18H2,1H3;2-5H,1H3,(H,7,8)/b10-9-;3-2+,5-4+. The highest BCUT2D eigenvalue weighted by Gasteiger charge is 2.22. The van der Waals surface area contributed by atoms with Gasteiger partial charge in [-0.05, 0) is 39.0 Å². The Bertz CT molecular complexity index is 539. The zero-order valence-corrected chi connectivity index (χ0v) is 20.8. The van der Waals surface area contributed by atoms with Gasteiger partial charge in [0.1, 0.15) is 12.2 Å². The third kappa shape index (κ3) is 26.4. The molecule has 0 aromatic carbocycles. The summed E-state index contributed by atoms with van der Waals surface area (Å²) in [7, 11) is 0. The van der Waals surface area contributed by atoms with Gasteiger partial charge in [-0.25, -0.2) is 4.79 Å². The van der Waals surface area contributed by atoms with Crippen LogP contribution in [0.4, 0.5) is 0 Å². The Kier molecular flexibility index (Phi) is 26.8. The number of carboxylic acids is 1. The van der Waals surface area contributed by atoms with Crippen LogP contribution in [-0.4, -0.2) is 51.0 Å². The minimum atomic E-state index is -1.44. The number of carboxylic acid groups (broad SMARTS) is 1. The summed E-state index contributed by atoms with van der Waals surface area (Å²) >= 11 is 0. The van der Waals surface area contributed by atoms with Crippen LogP contribution in [0.2, 0.25) is 0 Å². The van der Waals surface area contributed by atoms with E-state index in [1.807, 2.05) is 6.92 Å². The highest BCUT2D eigenvalue weighted by atomic mass is 16.4. The molecule has 6 nitrogen and oxygen atoms in total. The smallest absolute Gasteiger partial charge is 0.328 e. The van der Waals surface area contributed by atoms with Crippen LogP contribution < -0.4 is 0 Å². The third-order valence-corrected chi connectivity index (χ3v) is 5.11. The summed E-state index contributed by atoms with van der Waals surface area (Å²) in [5.41, 5.74) is 0. The van der Waals surface area contributed by atoms with E-state index >= 15 is 0 Å². The second-order valence-corrected chi connectivity index (χ2v) is 8.22. The zero-order chi connectivity index (χ0) is 25.2. The average molecular weight is 469 g/mol. The topological polar surface area (TPSA) is 115 Å². The third-order valence-electron chi connectivity index (χ3n) is 5.11. The number of carbonyl (C=O) groups excluding carboxylic acids is 1. The van der Waals surface area contributed by atoms with E-state index in [9.17, 15) is 19.8 Å². The van der Waals surface area contributed by atoms with E-state index in [1.165, 1.54) is 57.4 Å². The molecule has 6 heteroatoms. The number of aliphatic hydroxyl groups is 3. The van der Waals surface area contributed by atoms with Gasteiger partial charge in [0.15, 0.2) is 5.78 Å². The fourth-order valence-corrected chi connectivity index (χ4v) is 3.08. The van der Waals surface area contributed by atoms with Gasteiger partial charge in [-0.15, -0.1) is 0 Å². The predicted octanol–water partition coefficient (Wildman–Crippen LogP) is 5.51. The lowest BCUT2D eigenvalue weighted by Crippen LogP contribution is -2.36. The van der Waals surface area contributed by atoms with Gasteiger partial charge in [-0.2, -0.15) is 0 Å². The maximum atomic E-state index is 11.5. The second-order valence-electron chi connectivity index (χ2n) is 8.22. The van der Waals surface area contributed by atoms with Crippen LogP contribution in [0.1, 0.15) is 104 Å². The first-order chi connectivity index (χ1) is 15.9. The van der Waals surface area contributed by atoms with Crippen molar-refractivity contribution in [3.63, 3.8) is 0 Å². The van der Waals surface area contributed by atoms with Gasteiger partial charge in [-0.1, -0.05) is 88.7 Å². The van der Waals surface area contributed by atoms with E-state index in [4.69, 9.17) is 10.2 Å². The van der Waals surface area contributed by atoms with Gasteiger partial charge < -0.3 is 20.4 Å². The van der Waals surface area contributed by atoms with Crippen LogP contribution in [0, 0.1) is 0 Å². The van der Waals surface area contributed by atoms with Crippen molar-refractivity contribution in [2.75, 3.05) is 6.61 Å². The monoisotopic (exact) mass is 468 g/mol. The molecule has 0 bridgehead atoms. The second kappa shape index (κ2) is 26.5. The fraction of sp³-hybridized carbons (Fsp3) is 0.704. The molecule has 0 aliphatic carbocycles. The Balaban J connectivity index is 0. The molecule has 0 fully saturated rings. The molecule has 0 radical (unpaired) electrons. The summed E-state index contributed by atoms with van der Waals surface area (Å²) in [6.45, 7) is 3.49. The first-order valence-corrected chi connectivity index (χ1v) is 12.6. The number of aliphatic hydroxyl groups excluding tert-OH is 3. The first-order valence-electron chi connectivity index (χ1n) is 12.6. The molecule has 0 spiro atoms. The van der Waals surface area contributed by atoms with Gasteiger partial charge in [0.05, 0.1) is 6.61 Å². The highest BCUT2D eigenvalue weighted by molar-refractivity contribution is 5.83. The molecule has 192 valence electrons. The molecule has 0 rings (SSSR count). The molecule has 0 saturated heterocycles. The quantitative estimate of drug-likeness (QED) is 0.0810. The zero-order valence-electron chi connectivity index (χ0n) is 20.8. The van der Waals surface area contributed by atoms with Crippen molar-refractivity contribution < 1.29 is 30.0 Å². The summed E-state index contributed by atoms with van der Waals surface area (Å²) in [5.74, 6) is -1.29. The number of ketones is 1. The van der Waals surface area contributed by atoms with E-state index in [0.29, 0.717) is 0 Å². The number of unbranched alkanes of at least 4 members (excludes halogenated alkanes) is 11. The largest absolute Gasteiger partial charge is 0.478 e. The molecule has 4 N–H and O–H groups in total. The number of hydrogen-bond acceptors (Lipinski definition) is 5. The van der Waals surface area contributed by atoms with Gasteiger partial charge >= 0.3 is 5.97 Å². The Hall–Kier alpha value is -1.76. The summed E-state index contributed by atoms with van der Waals surface area (Å²) in [6, 6.07) is 0. The minimum absolute atomic E-state index is 0.274. The number of carbonyl (C=O) groups is 2. The van der Waals surface area contributed by atoms with Gasteiger partial charge in [0.25, 0.3) is 0 Å². The van der Waals surface area contributed by atoms with Crippen LogP contribution in [0.3, 0.4) is 0 Å². The maximum Gasteiger partial charge on any atom is 0.328 e. The Labute approximate surface area is 201 Å². The number of rotatable bonds is 20. The van der Waals surface area contributed by atoms with E-state index in [1.54, 1.807) is 12.2 Å². The van der Waals surface area contributed by atoms with E-state index < -0.39 is 24.8 Å². The highest BCUT2D eigenvalue weighted by Crippen LogP contribution is 2.11. The van der Waals surface area contributed by atoms with Crippen LogP contribution in [0.25, 0.3) is 0 Å². The van der Waals surface area contributed by atoms with Crippen LogP contribution >= 0.6 is 0 Å². The van der Waals surface area contributed by atoms with Crippen molar-refractivity contribution in [2.45, 2.75) is 116 Å². The number of hydrogen-bond donors (Lipinski definition) is 4. The van der Waals surface area contributed by atoms with E-state index in [-0.39, 0.29) is 12.2 Å². The molecule has 0 aromatic rings. The number of Topliss-reactive ketones (excluding diaryl/α,β-unsaturated/α-hetero) is 1. The lowest BCUT2D eigenvalue weighted by molar-refractivity contribution is -0.134. The molecular weight excluding hydrogens is 420 g/mol. The molecule has 0 aromatic heterocycles. The Morgan fingerprint density at radius 3 is 1.79 bits per heavy atom. The lowest BCUT2D eigenvalue weighted by Gasteiger charge is -2.13. The molecule has 0 amide bonds. The maximum absolute atomic E-state index is 11.5. The lowest BCUT2D eigenvalue weighted by atomic mass is 10.0. The van der Waals surface area contributed by atoms with Crippen molar-refractivity contribution in [1.82, 2.24) is 0 Å². The van der Waals surface area contributed by atoms with Gasteiger partial charge in [0, 0.05) is 12.5 Å². The Morgan fingerprint density at radius 1 is 0.788 bits per heavy atom. The van der Waals surface area contributed by atoms with Crippen LogP contribution in [0.5, 0.6) is 0 Å². The van der Waals surface area contributed by atoms with Gasteiger partial charge in [-0.3, -0.25) is 4.79 Å². The summed E-state index contributed by atoms with van der Waals surface area (Å²) in [6.07, 6.45) is 23.7. The first kappa shape index (κ1) is 33.4. The normalized spacial score (nSPS) is 13.4. The van der Waals surface area contributed by atoms with Crippen molar-refractivity contribution in [3.05, 3.63) is 36.5 Å². The summed E-state index contributed by atoms with van der Waals surface area (Å²) in [5, 5.41) is 35.3. The molecule has 0 aliphatic heterocycles. The molecule has 33 heavy (non-hydrogen) atoms. The molecule has 0 aliphatic rings. The van der Waals surface area contributed by atoms with Crippen molar-refractivity contribution in [2.24, 2.45) is 0 Å². The SMILES string of the molecule is C/C=C/C=C/C(=O)O.CCCCCCCC/C=C\CCCCCCCC(=O)C(O)C(O)CO. The molecule has 0 heterocycles. The number of allylic oxidation sites excluding steroid dienone is 5. The van der Waals surface area contributed by atoms with E-state index in [0.717, 1.165) is 38.2 Å². The average Bonchev–Trinajstić information content (AvgIpc) is 2.80. The van der Waals surface area contributed by atoms with Crippen LogP contribution in [-0.2, 0) is 9.59 Å².